The monoisotopic (exact) mass is 338 g/mol. The summed E-state index contributed by atoms with van der Waals surface area (Å²) in [6.07, 6.45) is 1.56. The molecule has 0 fully saturated rings. The number of halogens is 2. The van der Waals surface area contributed by atoms with Gasteiger partial charge in [0.2, 0.25) is 0 Å². The fourth-order valence-corrected chi connectivity index (χ4v) is 2.08. The molecule has 0 aliphatic rings. The van der Waals surface area contributed by atoms with Gasteiger partial charge in [-0.15, -0.1) is 0 Å². The van der Waals surface area contributed by atoms with E-state index in [9.17, 15) is 0 Å². The minimum absolute atomic E-state index is 0.463. The van der Waals surface area contributed by atoms with Gasteiger partial charge in [-0.2, -0.15) is 5.10 Å². The average molecular weight is 340 g/mol. The Kier molecular flexibility index (Phi) is 4.82. The van der Waals surface area contributed by atoms with Crippen LogP contribution >= 0.6 is 27.5 Å². The van der Waals surface area contributed by atoms with Crippen LogP contribution in [0.25, 0.3) is 0 Å². The molecule has 2 aromatic carbocycles. The van der Waals surface area contributed by atoms with Crippen molar-refractivity contribution in [2.24, 2.45) is 10.9 Å². The van der Waals surface area contributed by atoms with Gasteiger partial charge in [0.25, 0.3) is 0 Å². The maximum Gasteiger partial charge on any atom is 0.128 e. The van der Waals surface area contributed by atoms with E-state index in [-0.39, 0.29) is 0 Å². The molecule has 2 rings (SSSR count). The summed E-state index contributed by atoms with van der Waals surface area (Å²) in [7, 11) is 0. The van der Waals surface area contributed by atoms with E-state index < -0.39 is 0 Å². The first-order valence-electron chi connectivity index (χ1n) is 5.59. The molecule has 0 aliphatic carbocycles. The van der Waals surface area contributed by atoms with Gasteiger partial charge >= 0.3 is 0 Å². The van der Waals surface area contributed by atoms with Gasteiger partial charge in [-0.3, -0.25) is 0 Å². The van der Waals surface area contributed by atoms with E-state index in [1.54, 1.807) is 6.21 Å². The van der Waals surface area contributed by atoms with E-state index in [1.165, 1.54) is 0 Å². The number of hydrogen-bond acceptors (Lipinski definition) is 3. The van der Waals surface area contributed by atoms with E-state index >= 15 is 0 Å². The van der Waals surface area contributed by atoms with Crippen molar-refractivity contribution in [1.29, 1.82) is 0 Å². The van der Waals surface area contributed by atoms with Crippen LogP contribution in [0.3, 0.4) is 0 Å². The summed E-state index contributed by atoms with van der Waals surface area (Å²) in [4.78, 5) is 0. The lowest BCUT2D eigenvalue weighted by Crippen LogP contribution is -1.99. The smallest absolute Gasteiger partial charge is 0.128 e. The summed E-state index contributed by atoms with van der Waals surface area (Å²) in [5.41, 5.74) is 1.87. The fourth-order valence-electron chi connectivity index (χ4n) is 1.57. The Morgan fingerprint density at radius 2 is 1.95 bits per heavy atom. The summed E-state index contributed by atoms with van der Waals surface area (Å²) >= 11 is 9.23. The standard InChI is InChI=1S/C14H12BrClN2O/c15-12-3-6-14(11(7-12)8-18-17)19-9-10-1-4-13(16)5-2-10/h1-8H,9,17H2. The Hall–Kier alpha value is -1.52. The highest BCUT2D eigenvalue weighted by Crippen LogP contribution is 2.23. The highest BCUT2D eigenvalue weighted by molar-refractivity contribution is 9.10. The molecule has 3 nitrogen and oxygen atoms in total. The molecule has 98 valence electrons. The Labute approximate surface area is 125 Å². The third-order valence-electron chi connectivity index (χ3n) is 2.49. The maximum absolute atomic E-state index is 5.84. The zero-order chi connectivity index (χ0) is 13.7. The largest absolute Gasteiger partial charge is 0.488 e. The number of hydrazone groups is 1. The quantitative estimate of drug-likeness (QED) is 0.520. The van der Waals surface area contributed by atoms with E-state index in [0.29, 0.717) is 11.6 Å². The Morgan fingerprint density at radius 1 is 1.21 bits per heavy atom. The summed E-state index contributed by atoms with van der Waals surface area (Å²) < 4.78 is 6.71. The molecule has 0 aromatic heterocycles. The topological polar surface area (TPSA) is 47.6 Å². The molecular formula is C14H12BrClN2O. The third kappa shape index (κ3) is 3.98. The number of hydrogen-bond donors (Lipinski definition) is 1. The van der Waals surface area contributed by atoms with Gasteiger partial charge in [0.15, 0.2) is 0 Å². The van der Waals surface area contributed by atoms with E-state index in [2.05, 4.69) is 21.0 Å². The molecule has 0 saturated heterocycles. The lowest BCUT2D eigenvalue weighted by Gasteiger charge is -2.09. The van der Waals surface area contributed by atoms with Gasteiger partial charge in [-0.25, -0.2) is 0 Å². The van der Waals surface area contributed by atoms with Crippen LogP contribution in [0.1, 0.15) is 11.1 Å². The number of benzene rings is 2. The predicted molar refractivity (Wildman–Crippen MR) is 81.7 cm³/mol. The zero-order valence-electron chi connectivity index (χ0n) is 10.0. The van der Waals surface area contributed by atoms with Crippen molar-refractivity contribution >= 4 is 33.7 Å². The molecule has 0 unspecified atom stereocenters. The predicted octanol–water partition coefficient (Wildman–Crippen LogP) is 3.97. The molecule has 0 saturated carbocycles. The van der Waals surface area contributed by atoms with Crippen molar-refractivity contribution < 1.29 is 4.74 Å². The first-order valence-corrected chi connectivity index (χ1v) is 6.76. The molecule has 0 heterocycles. The SMILES string of the molecule is NN=Cc1cc(Br)ccc1OCc1ccc(Cl)cc1. The molecule has 0 radical (unpaired) electrons. The molecular weight excluding hydrogens is 328 g/mol. The molecule has 0 spiro atoms. The van der Waals surface area contributed by atoms with Crippen LogP contribution in [0.5, 0.6) is 5.75 Å². The van der Waals surface area contributed by atoms with Gasteiger partial charge < -0.3 is 10.6 Å². The highest BCUT2D eigenvalue weighted by atomic mass is 79.9. The maximum atomic E-state index is 5.84. The first kappa shape index (κ1) is 13.9. The number of ether oxygens (including phenoxy) is 1. The lowest BCUT2D eigenvalue weighted by molar-refractivity contribution is 0.306. The summed E-state index contributed by atoms with van der Waals surface area (Å²) in [6.45, 7) is 0.463. The van der Waals surface area contributed by atoms with Gasteiger partial charge in [-0.1, -0.05) is 39.7 Å². The second-order valence-electron chi connectivity index (χ2n) is 3.88. The van der Waals surface area contributed by atoms with E-state index in [0.717, 1.165) is 21.3 Å². The van der Waals surface area contributed by atoms with Crippen molar-refractivity contribution in [2.45, 2.75) is 6.61 Å². The van der Waals surface area contributed by atoms with Crippen molar-refractivity contribution in [1.82, 2.24) is 0 Å². The second-order valence-corrected chi connectivity index (χ2v) is 5.23. The molecule has 2 aromatic rings. The highest BCUT2D eigenvalue weighted by Gasteiger charge is 2.03. The van der Waals surface area contributed by atoms with Crippen LogP contribution in [-0.2, 0) is 6.61 Å². The number of nitrogens with two attached hydrogens (primary N) is 1. The Morgan fingerprint density at radius 3 is 2.63 bits per heavy atom. The minimum Gasteiger partial charge on any atom is -0.488 e. The normalized spacial score (nSPS) is 10.8. The van der Waals surface area contributed by atoms with E-state index in [4.69, 9.17) is 22.2 Å². The third-order valence-corrected chi connectivity index (χ3v) is 3.24. The zero-order valence-corrected chi connectivity index (χ0v) is 12.4. The fraction of sp³-hybridized carbons (Fsp3) is 0.0714. The summed E-state index contributed by atoms with van der Waals surface area (Å²) in [6, 6.07) is 13.2. The minimum atomic E-state index is 0.463. The lowest BCUT2D eigenvalue weighted by atomic mass is 10.2. The van der Waals surface area contributed by atoms with Gasteiger partial charge in [0.1, 0.15) is 12.4 Å². The summed E-state index contributed by atoms with van der Waals surface area (Å²) in [5, 5.41) is 4.24. The van der Waals surface area contributed by atoms with Gasteiger partial charge in [0, 0.05) is 15.1 Å². The molecule has 0 bridgehead atoms. The van der Waals surface area contributed by atoms with Crippen LogP contribution in [0.2, 0.25) is 5.02 Å². The first-order chi connectivity index (χ1) is 9.19. The van der Waals surface area contributed by atoms with Gasteiger partial charge in [0.05, 0.1) is 6.21 Å². The molecule has 0 amide bonds. The van der Waals surface area contributed by atoms with Crippen molar-refractivity contribution in [3.05, 3.63) is 63.1 Å². The second kappa shape index (κ2) is 6.59. The molecule has 19 heavy (non-hydrogen) atoms. The van der Waals surface area contributed by atoms with Crippen LogP contribution < -0.4 is 10.6 Å². The number of nitrogens with zero attached hydrogens (tertiary/aromatic N) is 1. The summed E-state index contributed by atoms with van der Waals surface area (Å²) in [5.74, 6) is 5.92. The molecule has 2 N–H and O–H groups in total. The molecule has 0 aliphatic heterocycles. The van der Waals surface area contributed by atoms with Crippen LogP contribution in [0, 0.1) is 0 Å². The van der Waals surface area contributed by atoms with Crippen LogP contribution in [-0.4, -0.2) is 6.21 Å². The number of rotatable bonds is 4. The average Bonchev–Trinajstić information content (AvgIpc) is 2.40. The van der Waals surface area contributed by atoms with Crippen molar-refractivity contribution in [3.8, 4) is 5.75 Å². The Bertz CT molecular complexity index is 584. The van der Waals surface area contributed by atoms with Crippen LogP contribution in [0.4, 0.5) is 0 Å². The van der Waals surface area contributed by atoms with Crippen molar-refractivity contribution in [3.63, 3.8) is 0 Å². The van der Waals surface area contributed by atoms with Gasteiger partial charge in [-0.05, 0) is 35.9 Å². The molecule has 0 atom stereocenters. The Balaban J connectivity index is 2.12. The molecule has 5 heteroatoms. The van der Waals surface area contributed by atoms with Crippen LogP contribution in [0.15, 0.2) is 52.0 Å². The van der Waals surface area contributed by atoms with E-state index in [1.807, 2.05) is 42.5 Å². The van der Waals surface area contributed by atoms with Crippen molar-refractivity contribution in [2.75, 3.05) is 0 Å².